The number of benzene rings is 2. The molecule has 32 heavy (non-hydrogen) atoms. The van der Waals surface area contributed by atoms with Crippen LogP contribution < -0.4 is 9.47 Å². The summed E-state index contributed by atoms with van der Waals surface area (Å²) in [5, 5.41) is 11.1. The Bertz CT molecular complexity index is 1010. The molecule has 1 unspecified atom stereocenters. The predicted molar refractivity (Wildman–Crippen MR) is 111 cm³/mol. The van der Waals surface area contributed by atoms with Gasteiger partial charge in [-0.2, -0.15) is 13.2 Å². The van der Waals surface area contributed by atoms with Crippen molar-refractivity contribution in [1.82, 2.24) is 0 Å². The summed E-state index contributed by atoms with van der Waals surface area (Å²) in [7, 11) is -3.75. The van der Waals surface area contributed by atoms with Crippen LogP contribution in [0.5, 0.6) is 17.2 Å². The minimum absolute atomic E-state index is 0.0119. The number of nitrogens with zero attached hydrogens (tertiary/aromatic N) is 1. The molecule has 0 amide bonds. The van der Waals surface area contributed by atoms with Gasteiger partial charge in [-0.25, -0.2) is 0 Å². The maximum atomic E-state index is 12.9. The maximum absolute atomic E-state index is 12.9. The third-order valence-electron chi connectivity index (χ3n) is 3.98. The zero-order valence-corrected chi connectivity index (χ0v) is 18.9. The Labute approximate surface area is 186 Å². The number of rotatable bonds is 10. The lowest BCUT2D eigenvalue weighted by molar-refractivity contribution is -0.386. The Kier molecular flexibility index (Phi) is 8.53. The summed E-state index contributed by atoms with van der Waals surface area (Å²) in [4.78, 5) is 10.7. The van der Waals surface area contributed by atoms with Crippen LogP contribution in [0.1, 0.15) is 26.3 Å². The Morgan fingerprint density at radius 3 is 2.22 bits per heavy atom. The summed E-state index contributed by atoms with van der Waals surface area (Å²) >= 11 is 5.89. The van der Waals surface area contributed by atoms with Crippen LogP contribution in [0.4, 0.5) is 18.9 Å². The molecule has 0 N–H and O–H groups in total. The van der Waals surface area contributed by atoms with Crippen molar-refractivity contribution in [3.05, 3.63) is 57.1 Å². The van der Waals surface area contributed by atoms with Gasteiger partial charge in [0.1, 0.15) is 11.5 Å². The molecule has 0 heterocycles. The molecule has 0 aliphatic heterocycles. The van der Waals surface area contributed by atoms with E-state index in [1.54, 1.807) is 13.8 Å². The fourth-order valence-electron chi connectivity index (χ4n) is 2.55. The van der Waals surface area contributed by atoms with Gasteiger partial charge in [0, 0.05) is 12.1 Å². The van der Waals surface area contributed by atoms with Crippen LogP contribution in [0.15, 0.2) is 36.4 Å². The van der Waals surface area contributed by atoms with Gasteiger partial charge in [0.15, 0.2) is 5.85 Å². The lowest BCUT2D eigenvalue weighted by Gasteiger charge is -2.24. The summed E-state index contributed by atoms with van der Waals surface area (Å²) < 4.78 is 72.6. The van der Waals surface area contributed by atoms with Crippen molar-refractivity contribution in [2.75, 3.05) is 13.2 Å². The number of hydrogen-bond acceptors (Lipinski definition) is 7. The Hall–Kier alpha value is -2.33. The van der Waals surface area contributed by atoms with Crippen LogP contribution >= 0.6 is 19.2 Å². The first-order chi connectivity index (χ1) is 14.9. The number of hydrogen-bond donors (Lipinski definition) is 0. The van der Waals surface area contributed by atoms with Crippen molar-refractivity contribution < 1.29 is 41.2 Å². The number of nitro benzene ring substituents is 1. The number of alkyl halides is 3. The molecule has 0 saturated carbocycles. The maximum Gasteiger partial charge on any atom is 0.416 e. The highest BCUT2D eigenvalue weighted by Gasteiger charge is 2.35. The van der Waals surface area contributed by atoms with Crippen molar-refractivity contribution >= 4 is 24.9 Å². The molecule has 8 nitrogen and oxygen atoms in total. The molecule has 0 spiro atoms. The third kappa shape index (κ3) is 6.35. The number of halogens is 4. The number of ether oxygens (including phenoxy) is 2. The van der Waals surface area contributed by atoms with Crippen LogP contribution in [0.25, 0.3) is 0 Å². The van der Waals surface area contributed by atoms with E-state index >= 15 is 0 Å². The van der Waals surface area contributed by atoms with E-state index in [9.17, 15) is 27.9 Å². The molecule has 2 rings (SSSR count). The largest absolute Gasteiger partial charge is 0.471 e. The molecule has 0 aliphatic carbocycles. The zero-order chi connectivity index (χ0) is 24.1. The van der Waals surface area contributed by atoms with E-state index in [1.165, 1.54) is 13.0 Å². The molecule has 1 atom stereocenters. The molecule has 0 radical (unpaired) electrons. The van der Waals surface area contributed by atoms with E-state index in [4.69, 9.17) is 30.1 Å². The molecule has 2 aromatic carbocycles. The lowest BCUT2D eigenvalue weighted by atomic mass is 10.2. The SMILES string of the molecule is CCOP(=O)(OCC)C(C)Oc1cc(Oc2ccc(C(F)(F)F)cc2Cl)ccc1[N+](=O)[O-]. The van der Waals surface area contributed by atoms with Crippen molar-refractivity contribution in [1.29, 1.82) is 0 Å². The van der Waals surface area contributed by atoms with E-state index < -0.39 is 35.8 Å². The topological polar surface area (TPSA) is 97.1 Å². The van der Waals surface area contributed by atoms with Gasteiger partial charge in [0.2, 0.25) is 5.75 Å². The summed E-state index contributed by atoms with van der Waals surface area (Å²) in [6, 6.07) is 5.92. The summed E-state index contributed by atoms with van der Waals surface area (Å²) in [5.74, 6) is -1.63. The fraction of sp³-hybridized carbons (Fsp3) is 0.368. The van der Waals surface area contributed by atoms with Crippen molar-refractivity contribution in [2.24, 2.45) is 0 Å². The fourth-order valence-corrected chi connectivity index (χ4v) is 4.22. The first kappa shape index (κ1) is 25.9. The van der Waals surface area contributed by atoms with E-state index in [0.29, 0.717) is 6.07 Å². The quantitative estimate of drug-likeness (QED) is 0.197. The second kappa shape index (κ2) is 10.5. The minimum Gasteiger partial charge on any atom is -0.471 e. The van der Waals surface area contributed by atoms with Crippen LogP contribution in [-0.4, -0.2) is 24.0 Å². The monoisotopic (exact) mass is 497 g/mol. The normalized spacial score (nSPS) is 13.0. The van der Waals surface area contributed by atoms with Crippen molar-refractivity contribution in [2.45, 2.75) is 32.8 Å². The van der Waals surface area contributed by atoms with Gasteiger partial charge < -0.3 is 18.5 Å². The zero-order valence-electron chi connectivity index (χ0n) is 17.2. The number of nitro groups is 1. The highest BCUT2D eigenvalue weighted by Crippen LogP contribution is 2.54. The van der Waals surface area contributed by atoms with Gasteiger partial charge in [-0.1, -0.05) is 11.6 Å². The van der Waals surface area contributed by atoms with Gasteiger partial charge in [-0.3, -0.25) is 14.7 Å². The van der Waals surface area contributed by atoms with Gasteiger partial charge in [-0.15, -0.1) is 0 Å². The Balaban J connectivity index is 2.36. The van der Waals surface area contributed by atoms with Crippen molar-refractivity contribution in [3.8, 4) is 17.2 Å². The Morgan fingerprint density at radius 1 is 1.09 bits per heavy atom. The van der Waals surface area contributed by atoms with Gasteiger partial charge in [0.25, 0.3) is 0 Å². The van der Waals surface area contributed by atoms with Crippen molar-refractivity contribution in [3.63, 3.8) is 0 Å². The average molecular weight is 498 g/mol. The van der Waals surface area contributed by atoms with Gasteiger partial charge >= 0.3 is 19.5 Å². The van der Waals surface area contributed by atoms with Crippen LogP contribution in [0.3, 0.4) is 0 Å². The molecule has 176 valence electrons. The van der Waals surface area contributed by atoms with Gasteiger partial charge in [-0.05, 0) is 45.0 Å². The molecule has 13 heteroatoms. The van der Waals surface area contributed by atoms with E-state index in [-0.39, 0.29) is 35.5 Å². The highest BCUT2D eigenvalue weighted by atomic mass is 35.5. The highest BCUT2D eigenvalue weighted by molar-refractivity contribution is 7.54. The van der Waals surface area contributed by atoms with E-state index in [1.807, 2.05) is 0 Å². The van der Waals surface area contributed by atoms with Crippen LogP contribution in [-0.2, 0) is 19.8 Å². The minimum atomic E-state index is -4.58. The molecule has 0 saturated heterocycles. The molecule has 0 aromatic heterocycles. The first-order valence-corrected chi connectivity index (χ1v) is 11.3. The molecule has 0 aliphatic rings. The van der Waals surface area contributed by atoms with Gasteiger partial charge in [0.05, 0.1) is 28.7 Å². The summed E-state index contributed by atoms with van der Waals surface area (Å²) in [5.41, 5.74) is -1.42. The second-order valence-corrected chi connectivity index (χ2v) is 8.95. The molecular formula is C19H20ClF3NO7P. The lowest BCUT2D eigenvalue weighted by Crippen LogP contribution is -2.17. The summed E-state index contributed by atoms with van der Waals surface area (Å²) in [6.45, 7) is 4.69. The summed E-state index contributed by atoms with van der Waals surface area (Å²) in [6.07, 6.45) is -4.58. The van der Waals surface area contributed by atoms with E-state index in [2.05, 4.69) is 0 Å². The van der Waals surface area contributed by atoms with Crippen LogP contribution in [0, 0.1) is 10.1 Å². The molecule has 0 fully saturated rings. The second-order valence-electron chi connectivity index (χ2n) is 6.22. The standard InChI is InChI=1S/C19H20ClF3NO7P/c1-4-28-32(27,29-5-2)12(3)30-18-11-14(7-8-16(18)24(25)26)31-17-9-6-13(10-15(17)20)19(21,22)23/h6-12H,4-5H2,1-3H3. The average Bonchev–Trinajstić information content (AvgIpc) is 2.69. The Morgan fingerprint density at radius 2 is 1.72 bits per heavy atom. The molecule has 2 aromatic rings. The molecule has 0 bridgehead atoms. The first-order valence-electron chi connectivity index (χ1n) is 9.29. The van der Waals surface area contributed by atoms with Crippen LogP contribution in [0.2, 0.25) is 5.02 Å². The van der Waals surface area contributed by atoms with E-state index in [0.717, 1.165) is 24.3 Å². The third-order valence-corrected chi connectivity index (χ3v) is 6.50. The smallest absolute Gasteiger partial charge is 0.416 e. The molecular weight excluding hydrogens is 478 g/mol. The predicted octanol–water partition coefficient (Wildman–Crippen LogP) is 7.05.